The Kier molecular flexibility index (Phi) is 4.88. The van der Waals surface area contributed by atoms with Crippen LogP contribution in [0.25, 0.3) is 0 Å². The zero-order valence-corrected chi connectivity index (χ0v) is 11.3. The number of carbonyl (C=O) groups is 2. The van der Waals surface area contributed by atoms with Gasteiger partial charge in [0, 0.05) is 13.6 Å². The number of carbonyl (C=O) groups excluding carboxylic acids is 1. The summed E-state index contributed by atoms with van der Waals surface area (Å²) < 4.78 is 0. The Morgan fingerprint density at radius 1 is 1.26 bits per heavy atom. The molecule has 0 radical (unpaired) electrons. The summed E-state index contributed by atoms with van der Waals surface area (Å²) in [7, 11) is 1.51. The smallest absolute Gasteiger partial charge is 0.329 e. The molecule has 1 aromatic rings. The van der Waals surface area contributed by atoms with Crippen LogP contribution in [0.1, 0.15) is 19.4 Å². The maximum absolute atomic E-state index is 11.6. The third-order valence-corrected chi connectivity index (χ3v) is 2.93. The number of rotatable bonds is 5. The van der Waals surface area contributed by atoms with E-state index in [2.05, 4.69) is 10.7 Å². The van der Waals surface area contributed by atoms with Crippen LogP contribution in [0.15, 0.2) is 30.3 Å². The average molecular weight is 265 g/mol. The molecule has 1 rings (SSSR count). The van der Waals surface area contributed by atoms with Crippen LogP contribution in [0.5, 0.6) is 0 Å². The molecule has 104 valence electrons. The highest BCUT2D eigenvalue weighted by molar-refractivity contribution is 5.79. The fraction of sp³-hybridized carbons (Fsp3) is 0.385. The second-order valence-electron chi connectivity index (χ2n) is 4.70. The molecule has 3 N–H and O–H groups in total. The number of likely N-dealkylation sites (N-methyl/N-ethyl adjacent to an activating group) is 1. The summed E-state index contributed by atoms with van der Waals surface area (Å²) in [5.41, 5.74) is 2.27. The lowest BCUT2D eigenvalue weighted by Gasteiger charge is -2.31. The van der Waals surface area contributed by atoms with Gasteiger partial charge in [0.1, 0.15) is 5.54 Å². The summed E-state index contributed by atoms with van der Waals surface area (Å²) in [6, 6.07) is 9.01. The predicted octanol–water partition coefficient (Wildman–Crippen LogP) is 1.20. The first-order valence-electron chi connectivity index (χ1n) is 5.89. The van der Waals surface area contributed by atoms with Crippen LogP contribution in [0.2, 0.25) is 0 Å². The summed E-state index contributed by atoms with van der Waals surface area (Å²) in [6.07, 6.45) is 0. The maximum atomic E-state index is 11.6. The van der Waals surface area contributed by atoms with E-state index in [9.17, 15) is 9.59 Å². The van der Waals surface area contributed by atoms with Crippen LogP contribution < -0.4 is 10.7 Å². The molecule has 0 aliphatic rings. The van der Waals surface area contributed by atoms with Crippen LogP contribution in [0.4, 0.5) is 4.79 Å². The molecule has 0 aromatic heterocycles. The molecule has 1 aromatic carbocycles. The van der Waals surface area contributed by atoms with E-state index < -0.39 is 17.5 Å². The van der Waals surface area contributed by atoms with E-state index in [1.165, 1.54) is 25.9 Å². The minimum Gasteiger partial charge on any atom is -0.480 e. The molecule has 6 heteroatoms. The first kappa shape index (κ1) is 15.0. The molecule has 0 saturated carbocycles. The minimum atomic E-state index is -1.18. The number of carboxylic acids is 1. The molecule has 0 aliphatic carbocycles. The highest BCUT2D eigenvalue weighted by atomic mass is 16.4. The molecule has 0 heterocycles. The Hall–Kier alpha value is -2.08. The zero-order chi connectivity index (χ0) is 14.5. The van der Waals surface area contributed by atoms with E-state index in [1.807, 2.05) is 30.3 Å². The molecule has 0 unspecified atom stereocenters. The van der Waals surface area contributed by atoms with Crippen molar-refractivity contribution in [3.05, 3.63) is 35.9 Å². The summed E-state index contributed by atoms with van der Waals surface area (Å²) in [6.45, 7) is 3.40. The van der Waals surface area contributed by atoms with Crippen LogP contribution in [-0.4, -0.2) is 34.7 Å². The minimum absolute atomic E-state index is 0.383. The van der Waals surface area contributed by atoms with Crippen molar-refractivity contribution in [2.75, 3.05) is 7.05 Å². The van der Waals surface area contributed by atoms with E-state index in [1.54, 1.807) is 0 Å². The van der Waals surface area contributed by atoms with Gasteiger partial charge in [0.2, 0.25) is 0 Å². The first-order chi connectivity index (χ1) is 8.84. The summed E-state index contributed by atoms with van der Waals surface area (Å²) >= 11 is 0. The number of hydrogen-bond donors (Lipinski definition) is 3. The molecule has 0 atom stereocenters. The van der Waals surface area contributed by atoms with Crippen molar-refractivity contribution < 1.29 is 14.7 Å². The molecule has 0 aliphatic heterocycles. The topological polar surface area (TPSA) is 81.7 Å². The van der Waals surface area contributed by atoms with Gasteiger partial charge >= 0.3 is 12.0 Å². The molecule has 6 nitrogen and oxygen atoms in total. The molecular formula is C13H19N3O3. The Morgan fingerprint density at radius 2 is 1.84 bits per heavy atom. The lowest BCUT2D eigenvalue weighted by atomic mass is 10.1. The number of hydrogen-bond acceptors (Lipinski definition) is 3. The third-order valence-electron chi connectivity index (χ3n) is 2.93. The largest absolute Gasteiger partial charge is 0.480 e. The molecule has 19 heavy (non-hydrogen) atoms. The number of nitrogens with one attached hydrogen (secondary N) is 2. The number of carboxylic acid groups (broad SMARTS) is 1. The second-order valence-corrected chi connectivity index (χ2v) is 4.70. The van der Waals surface area contributed by atoms with Crippen molar-refractivity contribution in [1.29, 1.82) is 0 Å². The SMILES string of the molecule is CN(NC(=O)NCc1ccccc1)C(C)(C)C(=O)O. The predicted molar refractivity (Wildman–Crippen MR) is 71.3 cm³/mol. The normalized spacial score (nSPS) is 11.2. The van der Waals surface area contributed by atoms with Crippen molar-refractivity contribution in [3.63, 3.8) is 0 Å². The van der Waals surface area contributed by atoms with Gasteiger partial charge in [-0.25, -0.2) is 9.80 Å². The van der Waals surface area contributed by atoms with Crippen molar-refractivity contribution in [2.24, 2.45) is 0 Å². The number of aliphatic carboxylic acids is 1. The Morgan fingerprint density at radius 3 is 2.37 bits per heavy atom. The number of hydrazine groups is 1. The Labute approximate surface area is 112 Å². The van der Waals surface area contributed by atoms with Crippen molar-refractivity contribution in [3.8, 4) is 0 Å². The Bertz CT molecular complexity index is 446. The number of nitrogens with zero attached hydrogens (tertiary/aromatic N) is 1. The summed E-state index contributed by atoms with van der Waals surface area (Å²) in [5, 5.41) is 12.9. The number of urea groups is 1. The van der Waals surface area contributed by atoms with E-state index >= 15 is 0 Å². The lowest BCUT2D eigenvalue weighted by Crippen LogP contribution is -2.57. The second kappa shape index (κ2) is 6.19. The zero-order valence-electron chi connectivity index (χ0n) is 11.3. The van der Waals surface area contributed by atoms with Crippen molar-refractivity contribution >= 4 is 12.0 Å². The van der Waals surface area contributed by atoms with Gasteiger partial charge in [-0.15, -0.1) is 0 Å². The van der Waals surface area contributed by atoms with E-state index in [4.69, 9.17) is 5.11 Å². The van der Waals surface area contributed by atoms with E-state index in [-0.39, 0.29) is 0 Å². The van der Waals surface area contributed by atoms with E-state index in [0.717, 1.165) is 5.56 Å². The molecule has 2 amide bonds. The number of benzene rings is 1. The molecule has 0 saturated heterocycles. The van der Waals surface area contributed by atoms with Gasteiger partial charge in [-0.2, -0.15) is 0 Å². The average Bonchev–Trinajstić information content (AvgIpc) is 2.37. The first-order valence-corrected chi connectivity index (χ1v) is 5.89. The third kappa shape index (κ3) is 4.26. The van der Waals surface area contributed by atoms with Crippen LogP contribution >= 0.6 is 0 Å². The summed E-state index contributed by atoms with van der Waals surface area (Å²) in [4.78, 5) is 22.6. The molecule has 0 bridgehead atoms. The highest BCUT2D eigenvalue weighted by Crippen LogP contribution is 2.09. The Balaban J connectivity index is 2.46. The standard InChI is InChI=1S/C13H19N3O3/c1-13(2,11(17)18)16(3)15-12(19)14-9-10-7-5-4-6-8-10/h4-8H,9H2,1-3H3,(H,17,18)(H2,14,15,19). The van der Waals surface area contributed by atoms with Gasteiger partial charge in [0.25, 0.3) is 0 Å². The lowest BCUT2D eigenvalue weighted by molar-refractivity contribution is -0.149. The van der Waals surface area contributed by atoms with Gasteiger partial charge < -0.3 is 10.4 Å². The quantitative estimate of drug-likeness (QED) is 0.699. The van der Waals surface area contributed by atoms with Gasteiger partial charge in [-0.3, -0.25) is 10.2 Å². The van der Waals surface area contributed by atoms with E-state index in [0.29, 0.717) is 6.54 Å². The molecule has 0 fully saturated rings. The van der Waals surface area contributed by atoms with Gasteiger partial charge in [-0.1, -0.05) is 30.3 Å². The maximum Gasteiger partial charge on any atom is 0.329 e. The summed E-state index contributed by atoms with van der Waals surface area (Å²) in [5.74, 6) is -1.02. The monoisotopic (exact) mass is 265 g/mol. The van der Waals surface area contributed by atoms with Gasteiger partial charge in [-0.05, 0) is 19.4 Å². The van der Waals surface area contributed by atoms with Crippen LogP contribution in [-0.2, 0) is 11.3 Å². The van der Waals surface area contributed by atoms with Gasteiger partial charge in [0.05, 0.1) is 0 Å². The molecule has 0 spiro atoms. The van der Waals surface area contributed by atoms with Crippen molar-refractivity contribution in [2.45, 2.75) is 25.9 Å². The fourth-order valence-electron chi connectivity index (χ4n) is 1.25. The van der Waals surface area contributed by atoms with Crippen LogP contribution in [0.3, 0.4) is 0 Å². The molecular weight excluding hydrogens is 246 g/mol. The number of amides is 2. The fourth-order valence-corrected chi connectivity index (χ4v) is 1.25. The highest BCUT2D eigenvalue weighted by Gasteiger charge is 2.33. The van der Waals surface area contributed by atoms with Crippen LogP contribution in [0, 0.1) is 0 Å². The van der Waals surface area contributed by atoms with Gasteiger partial charge in [0.15, 0.2) is 0 Å². The van der Waals surface area contributed by atoms with Crippen molar-refractivity contribution in [1.82, 2.24) is 15.8 Å².